The predicted molar refractivity (Wildman–Crippen MR) is 71.9 cm³/mol. The highest BCUT2D eigenvalue weighted by atomic mass is 79.9. The Hall–Kier alpha value is -0.540. The zero-order valence-electron chi connectivity index (χ0n) is 10.1. The standard InChI is InChI=1S/C13H20BrNO/c1-3-5-8-16-13-7-6-11(9-12(13)14)10-15-4-2/h6-7,9,15H,3-5,8,10H2,1-2H3. The Bertz CT molecular complexity index is 315. The lowest BCUT2D eigenvalue weighted by Crippen LogP contribution is -2.11. The molecule has 0 aliphatic heterocycles. The summed E-state index contributed by atoms with van der Waals surface area (Å²) in [4.78, 5) is 0. The Kier molecular flexibility index (Phi) is 6.50. The normalized spacial score (nSPS) is 10.4. The van der Waals surface area contributed by atoms with Gasteiger partial charge in [0.1, 0.15) is 5.75 Å². The van der Waals surface area contributed by atoms with E-state index < -0.39 is 0 Å². The molecule has 0 radical (unpaired) electrons. The third kappa shape index (κ3) is 4.54. The topological polar surface area (TPSA) is 21.3 Å². The average Bonchev–Trinajstić information content (AvgIpc) is 2.29. The molecule has 0 aromatic heterocycles. The Morgan fingerprint density at radius 1 is 1.31 bits per heavy atom. The minimum Gasteiger partial charge on any atom is -0.492 e. The summed E-state index contributed by atoms with van der Waals surface area (Å²) >= 11 is 3.54. The molecule has 0 spiro atoms. The van der Waals surface area contributed by atoms with Crippen LogP contribution in [-0.4, -0.2) is 13.2 Å². The molecule has 0 heterocycles. The molecule has 1 aromatic rings. The lowest BCUT2D eigenvalue weighted by Gasteiger charge is -2.09. The Balaban J connectivity index is 2.53. The second kappa shape index (κ2) is 7.69. The van der Waals surface area contributed by atoms with E-state index in [1.165, 1.54) is 5.56 Å². The lowest BCUT2D eigenvalue weighted by molar-refractivity contribution is 0.307. The van der Waals surface area contributed by atoms with Crippen molar-refractivity contribution in [2.24, 2.45) is 0 Å². The monoisotopic (exact) mass is 285 g/mol. The van der Waals surface area contributed by atoms with Crippen LogP contribution in [0.15, 0.2) is 22.7 Å². The molecule has 0 fully saturated rings. The fraction of sp³-hybridized carbons (Fsp3) is 0.538. The molecule has 0 aliphatic carbocycles. The van der Waals surface area contributed by atoms with E-state index in [-0.39, 0.29) is 0 Å². The van der Waals surface area contributed by atoms with Gasteiger partial charge >= 0.3 is 0 Å². The minimum atomic E-state index is 0.793. The molecule has 0 atom stereocenters. The zero-order chi connectivity index (χ0) is 11.8. The van der Waals surface area contributed by atoms with Crippen LogP contribution >= 0.6 is 15.9 Å². The van der Waals surface area contributed by atoms with Crippen molar-refractivity contribution in [1.29, 1.82) is 0 Å². The lowest BCUT2D eigenvalue weighted by atomic mass is 10.2. The van der Waals surface area contributed by atoms with E-state index in [4.69, 9.17) is 4.74 Å². The molecule has 0 unspecified atom stereocenters. The molecule has 0 amide bonds. The molecule has 3 heteroatoms. The SMILES string of the molecule is CCCCOc1ccc(CNCC)cc1Br. The van der Waals surface area contributed by atoms with E-state index in [0.29, 0.717) is 0 Å². The smallest absolute Gasteiger partial charge is 0.133 e. The summed E-state index contributed by atoms with van der Waals surface area (Å²) in [6, 6.07) is 6.26. The summed E-state index contributed by atoms with van der Waals surface area (Å²) in [6.45, 7) is 6.97. The number of hydrogen-bond donors (Lipinski definition) is 1. The average molecular weight is 286 g/mol. The van der Waals surface area contributed by atoms with Crippen LogP contribution in [0.25, 0.3) is 0 Å². The first-order valence-corrected chi connectivity index (χ1v) is 6.69. The fourth-order valence-electron chi connectivity index (χ4n) is 1.37. The van der Waals surface area contributed by atoms with Gasteiger partial charge in [0.05, 0.1) is 11.1 Å². The molecule has 0 bridgehead atoms. The van der Waals surface area contributed by atoms with Crippen LogP contribution in [-0.2, 0) is 6.54 Å². The molecular formula is C13H20BrNO. The summed E-state index contributed by atoms with van der Waals surface area (Å²) in [7, 11) is 0. The van der Waals surface area contributed by atoms with Gasteiger partial charge in [0.15, 0.2) is 0 Å². The summed E-state index contributed by atoms with van der Waals surface area (Å²) in [5.74, 6) is 0.939. The van der Waals surface area contributed by atoms with Crippen LogP contribution < -0.4 is 10.1 Å². The number of unbranched alkanes of at least 4 members (excludes halogenated alkanes) is 1. The van der Waals surface area contributed by atoms with Gasteiger partial charge in [-0.3, -0.25) is 0 Å². The van der Waals surface area contributed by atoms with Crippen molar-refractivity contribution in [3.05, 3.63) is 28.2 Å². The molecule has 0 saturated carbocycles. The van der Waals surface area contributed by atoms with Crippen molar-refractivity contribution >= 4 is 15.9 Å². The predicted octanol–water partition coefficient (Wildman–Crippen LogP) is 3.74. The third-order valence-electron chi connectivity index (χ3n) is 2.33. The van der Waals surface area contributed by atoms with Crippen molar-refractivity contribution in [3.63, 3.8) is 0 Å². The Morgan fingerprint density at radius 3 is 2.75 bits per heavy atom. The maximum absolute atomic E-state index is 5.67. The highest BCUT2D eigenvalue weighted by molar-refractivity contribution is 9.10. The van der Waals surface area contributed by atoms with E-state index in [1.807, 2.05) is 6.07 Å². The van der Waals surface area contributed by atoms with Gasteiger partial charge in [-0.1, -0.05) is 26.3 Å². The van der Waals surface area contributed by atoms with E-state index in [1.54, 1.807) is 0 Å². The van der Waals surface area contributed by atoms with Crippen molar-refractivity contribution in [2.45, 2.75) is 33.2 Å². The van der Waals surface area contributed by atoms with Gasteiger partial charge in [0, 0.05) is 6.54 Å². The second-order valence-corrected chi connectivity index (χ2v) is 4.60. The molecule has 1 N–H and O–H groups in total. The number of nitrogens with one attached hydrogen (secondary N) is 1. The van der Waals surface area contributed by atoms with Gasteiger partial charge in [-0.2, -0.15) is 0 Å². The summed E-state index contributed by atoms with van der Waals surface area (Å²) in [5.41, 5.74) is 1.27. The summed E-state index contributed by atoms with van der Waals surface area (Å²) in [6.07, 6.45) is 2.27. The number of hydrogen-bond acceptors (Lipinski definition) is 2. The van der Waals surface area contributed by atoms with Crippen LogP contribution in [0.1, 0.15) is 32.3 Å². The van der Waals surface area contributed by atoms with Crippen molar-refractivity contribution in [1.82, 2.24) is 5.32 Å². The first kappa shape index (κ1) is 13.5. The van der Waals surface area contributed by atoms with Crippen molar-refractivity contribution < 1.29 is 4.74 Å². The van der Waals surface area contributed by atoms with Gasteiger partial charge in [-0.25, -0.2) is 0 Å². The first-order chi connectivity index (χ1) is 7.77. The van der Waals surface area contributed by atoms with E-state index >= 15 is 0 Å². The molecule has 0 aliphatic rings. The maximum Gasteiger partial charge on any atom is 0.133 e. The van der Waals surface area contributed by atoms with Crippen molar-refractivity contribution in [2.75, 3.05) is 13.2 Å². The molecule has 0 saturated heterocycles. The number of ether oxygens (including phenoxy) is 1. The molecule has 16 heavy (non-hydrogen) atoms. The Labute approximate surface area is 107 Å². The number of benzene rings is 1. The molecule has 1 rings (SSSR count). The number of rotatable bonds is 7. The zero-order valence-corrected chi connectivity index (χ0v) is 11.6. The second-order valence-electron chi connectivity index (χ2n) is 3.75. The minimum absolute atomic E-state index is 0.793. The van der Waals surface area contributed by atoms with Gasteiger partial charge in [-0.05, 0) is 46.6 Å². The van der Waals surface area contributed by atoms with Crippen LogP contribution in [0, 0.1) is 0 Å². The molecular weight excluding hydrogens is 266 g/mol. The fourth-order valence-corrected chi connectivity index (χ4v) is 1.91. The van der Waals surface area contributed by atoms with Gasteiger partial charge in [0.2, 0.25) is 0 Å². The van der Waals surface area contributed by atoms with Gasteiger partial charge in [0.25, 0.3) is 0 Å². The summed E-state index contributed by atoms with van der Waals surface area (Å²) < 4.78 is 6.71. The molecule has 2 nitrogen and oxygen atoms in total. The van der Waals surface area contributed by atoms with Crippen LogP contribution in [0.3, 0.4) is 0 Å². The van der Waals surface area contributed by atoms with Gasteiger partial charge < -0.3 is 10.1 Å². The van der Waals surface area contributed by atoms with Crippen LogP contribution in [0.4, 0.5) is 0 Å². The Morgan fingerprint density at radius 2 is 2.12 bits per heavy atom. The summed E-state index contributed by atoms with van der Waals surface area (Å²) in [5, 5.41) is 3.30. The highest BCUT2D eigenvalue weighted by Crippen LogP contribution is 2.26. The third-order valence-corrected chi connectivity index (χ3v) is 2.95. The van der Waals surface area contributed by atoms with Crippen molar-refractivity contribution in [3.8, 4) is 5.75 Å². The first-order valence-electron chi connectivity index (χ1n) is 5.89. The van der Waals surface area contributed by atoms with E-state index in [2.05, 4.69) is 47.2 Å². The quantitative estimate of drug-likeness (QED) is 0.771. The highest BCUT2D eigenvalue weighted by Gasteiger charge is 2.02. The van der Waals surface area contributed by atoms with Gasteiger partial charge in [-0.15, -0.1) is 0 Å². The maximum atomic E-state index is 5.67. The van der Waals surface area contributed by atoms with E-state index in [9.17, 15) is 0 Å². The van der Waals surface area contributed by atoms with Crippen LogP contribution in [0.5, 0.6) is 5.75 Å². The largest absolute Gasteiger partial charge is 0.492 e. The number of halogens is 1. The molecule has 1 aromatic carbocycles. The van der Waals surface area contributed by atoms with Crippen LogP contribution in [0.2, 0.25) is 0 Å². The van der Waals surface area contributed by atoms with E-state index in [0.717, 1.165) is 42.8 Å². The molecule has 90 valence electrons.